The average molecular weight is 264 g/mol. The van der Waals surface area contributed by atoms with Crippen LogP contribution >= 0.6 is 0 Å². The molecule has 3 atom stereocenters. The molecule has 0 aromatic heterocycles. The Labute approximate surface area is 115 Å². The van der Waals surface area contributed by atoms with Gasteiger partial charge < -0.3 is 14.2 Å². The molecule has 1 heterocycles. The first-order chi connectivity index (χ1) is 9.17. The summed E-state index contributed by atoms with van der Waals surface area (Å²) in [5.74, 6) is 0.940. The molecular weight excluding hydrogens is 240 g/mol. The highest BCUT2D eigenvalue weighted by Gasteiger charge is 2.24. The van der Waals surface area contributed by atoms with Crippen LogP contribution in [0.2, 0.25) is 0 Å². The van der Waals surface area contributed by atoms with Crippen molar-refractivity contribution in [2.45, 2.75) is 51.9 Å². The third kappa shape index (κ3) is 5.21. The molecule has 1 aromatic carbocycles. The van der Waals surface area contributed by atoms with Crippen LogP contribution in [0.15, 0.2) is 24.3 Å². The number of benzene rings is 1. The highest BCUT2D eigenvalue weighted by molar-refractivity contribution is 5.26. The lowest BCUT2D eigenvalue weighted by atomic mass is 10.1. The maximum atomic E-state index is 6.00. The van der Waals surface area contributed by atoms with E-state index in [2.05, 4.69) is 32.9 Å². The predicted molar refractivity (Wildman–Crippen MR) is 75.7 cm³/mol. The van der Waals surface area contributed by atoms with Gasteiger partial charge in [-0.3, -0.25) is 0 Å². The zero-order valence-electron chi connectivity index (χ0n) is 12.1. The molecule has 0 radical (unpaired) electrons. The summed E-state index contributed by atoms with van der Waals surface area (Å²) >= 11 is 0. The van der Waals surface area contributed by atoms with Gasteiger partial charge in [-0.05, 0) is 32.4 Å². The summed E-state index contributed by atoms with van der Waals surface area (Å²) in [7, 11) is 0. The first kappa shape index (κ1) is 14.4. The van der Waals surface area contributed by atoms with E-state index in [0.717, 1.165) is 25.2 Å². The van der Waals surface area contributed by atoms with Crippen molar-refractivity contribution in [1.82, 2.24) is 0 Å². The van der Waals surface area contributed by atoms with Gasteiger partial charge in [0.25, 0.3) is 0 Å². The van der Waals surface area contributed by atoms with E-state index in [1.165, 1.54) is 5.56 Å². The Morgan fingerprint density at radius 2 is 2.00 bits per heavy atom. The van der Waals surface area contributed by atoms with Crippen LogP contribution in [0.1, 0.15) is 32.3 Å². The molecule has 0 N–H and O–H groups in total. The number of epoxide rings is 1. The topological polar surface area (TPSA) is 31.0 Å². The monoisotopic (exact) mass is 264 g/mol. The van der Waals surface area contributed by atoms with Crippen LogP contribution in [-0.2, 0) is 9.47 Å². The first-order valence-electron chi connectivity index (χ1n) is 7.14. The van der Waals surface area contributed by atoms with Crippen molar-refractivity contribution in [1.29, 1.82) is 0 Å². The molecule has 0 aliphatic carbocycles. The molecule has 3 unspecified atom stereocenters. The normalized spacial score (nSPS) is 20.9. The second kappa shape index (κ2) is 6.92. The van der Waals surface area contributed by atoms with Gasteiger partial charge in [0.2, 0.25) is 0 Å². The minimum Gasteiger partial charge on any atom is -0.490 e. The van der Waals surface area contributed by atoms with Crippen molar-refractivity contribution in [2.24, 2.45) is 0 Å². The smallest absolute Gasteiger partial charge is 0.119 e. The number of rotatable bonds is 8. The number of hydrogen-bond acceptors (Lipinski definition) is 3. The fourth-order valence-corrected chi connectivity index (χ4v) is 1.98. The van der Waals surface area contributed by atoms with Crippen LogP contribution in [0.25, 0.3) is 0 Å². The molecule has 2 rings (SSSR count). The van der Waals surface area contributed by atoms with Crippen molar-refractivity contribution in [2.75, 3.05) is 13.2 Å². The summed E-state index contributed by atoms with van der Waals surface area (Å²) in [5, 5.41) is 0. The lowest BCUT2D eigenvalue weighted by molar-refractivity contribution is 0.0225. The highest BCUT2D eigenvalue weighted by atomic mass is 16.6. The first-order valence-corrected chi connectivity index (χ1v) is 7.14. The lowest BCUT2D eigenvalue weighted by Crippen LogP contribution is -2.24. The molecule has 0 spiro atoms. The summed E-state index contributed by atoms with van der Waals surface area (Å²) in [4.78, 5) is 0. The van der Waals surface area contributed by atoms with Crippen molar-refractivity contribution in [3.05, 3.63) is 29.8 Å². The van der Waals surface area contributed by atoms with E-state index >= 15 is 0 Å². The summed E-state index contributed by atoms with van der Waals surface area (Å²) in [5.41, 5.74) is 1.25. The Balaban J connectivity index is 1.76. The van der Waals surface area contributed by atoms with Gasteiger partial charge in [-0.25, -0.2) is 0 Å². The van der Waals surface area contributed by atoms with E-state index in [9.17, 15) is 0 Å². The summed E-state index contributed by atoms with van der Waals surface area (Å²) in [6.07, 6.45) is 2.65. The highest BCUT2D eigenvalue weighted by Crippen LogP contribution is 2.18. The van der Waals surface area contributed by atoms with Gasteiger partial charge >= 0.3 is 0 Å². The van der Waals surface area contributed by atoms with Crippen molar-refractivity contribution in [3.63, 3.8) is 0 Å². The van der Waals surface area contributed by atoms with Crippen LogP contribution in [0.4, 0.5) is 0 Å². The Hall–Kier alpha value is -1.06. The van der Waals surface area contributed by atoms with Gasteiger partial charge in [0.05, 0.1) is 19.3 Å². The van der Waals surface area contributed by atoms with Gasteiger partial charge in [-0.2, -0.15) is 0 Å². The number of hydrogen-bond donors (Lipinski definition) is 0. The third-order valence-electron chi connectivity index (χ3n) is 3.34. The van der Waals surface area contributed by atoms with Gasteiger partial charge in [0.1, 0.15) is 18.0 Å². The van der Waals surface area contributed by atoms with Gasteiger partial charge in [0.15, 0.2) is 0 Å². The van der Waals surface area contributed by atoms with Crippen molar-refractivity contribution < 1.29 is 14.2 Å². The average Bonchev–Trinajstić information content (AvgIpc) is 3.22. The Kier molecular flexibility index (Phi) is 5.23. The van der Waals surface area contributed by atoms with Crippen LogP contribution in [0.3, 0.4) is 0 Å². The molecular formula is C16H24O3. The molecule has 3 nitrogen and oxygen atoms in total. The number of ether oxygens (including phenoxy) is 3. The van der Waals surface area contributed by atoms with E-state index < -0.39 is 0 Å². The Morgan fingerprint density at radius 3 is 2.58 bits per heavy atom. The van der Waals surface area contributed by atoms with Crippen LogP contribution in [0, 0.1) is 6.92 Å². The Bertz CT molecular complexity index is 370. The summed E-state index contributed by atoms with van der Waals surface area (Å²) < 4.78 is 16.9. The molecule has 1 aromatic rings. The molecule has 19 heavy (non-hydrogen) atoms. The van der Waals surface area contributed by atoms with Gasteiger partial charge in [0, 0.05) is 6.42 Å². The standard InChI is InChI=1S/C16H24O3/c1-4-14(9-13(3)17-10-16-11-18-16)19-15-7-5-12(2)6-8-15/h5-8,13-14,16H,4,9-11H2,1-3H3. The zero-order valence-corrected chi connectivity index (χ0v) is 12.1. The quantitative estimate of drug-likeness (QED) is 0.675. The second-order valence-corrected chi connectivity index (χ2v) is 5.30. The largest absolute Gasteiger partial charge is 0.490 e. The SMILES string of the molecule is CCC(CC(C)OCC1CO1)Oc1ccc(C)cc1. The summed E-state index contributed by atoms with van der Waals surface area (Å²) in [6, 6.07) is 8.21. The van der Waals surface area contributed by atoms with Crippen molar-refractivity contribution >= 4 is 0 Å². The fourth-order valence-electron chi connectivity index (χ4n) is 1.98. The summed E-state index contributed by atoms with van der Waals surface area (Å²) in [6.45, 7) is 7.89. The minimum absolute atomic E-state index is 0.206. The second-order valence-electron chi connectivity index (χ2n) is 5.30. The molecule has 1 fully saturated rings. The minimum atomic E-state index is 0.206. The lowest BCUT2D eigenvalue weighted by Gasteiger charge is -2.21. The molecule has 0 saturated carbocycles. The molecule has 3 heteroatoms. The van der Waals surface area contributed by atoms with Crippen LogP contribution in [-0.4, -0.2) is 31.5 Å². The van der Waals surface area contributed by atoms with Crippen LogP contribution < -0.4 is 4.74 Å². The third-order valence-corrected chi connectivity index (χ3v) is 3.34. The number of aryl methyl sites for hydroxylation is 1. The molecule has 1 aliphatic heterocycles. The molecule has 0 bridgehead atoms. The molecule has 0 amide bonds. The van der Waals surface area contributed by atoms with Gasteiger partial charge in [-0.15, -0.1) is 0 Å². The van der Waals surface area contributed by atoms with Crippen LogP contribution in [0.5, 0.6) is 5.75 Å². The van der Waals surface area contributed by atoms with E-state index in [1.807, 2.05) is 12.1 Å². The molecule has 1 saturated heterocycles. The molecule has 1 aliphatic rings. The maximum Gasteiger partial charge on any atom is 0.119 e. The molecule has 106 valence electrons. The van der Waals surface area contributed by atoms with E-state index in [-0.39, 0.29) is 12.2 Å². The van der Waals surface area contributed by atoms with E-state index in [0.29, 0.717) is 12.7 Å². The van der Waals surface area contributed by atoms with E-state index in [1.54, 1.807) is 0 Å². The van der Waals surface area contributed by atoms with Crippen molar-refractivity contribution in [3.8, 4) is 5.75 Å². The zero-order chi connectivity index (χ0) is 13.7. The van der Waals surface area contributed by atoms with Gasteiger partial charge in [-0.1, -0.05) is 24.6 Å². The van der Waals surface area contributed by atoms with E-state index in [4.69, 9.17) is 14.2 Å². The fraction of sp³-hybridized carbons (Fsp3) is 0.625. The predicted octanol–water partition coefficient (Wildman–Crippen LogP) is 3.35. The maximum absolute atomic E-state index is 6.00. The Morgan fingerprint density at radius 1 is 1.32 bits per heavy atom.